The fourth-order valence-corrected chi connectivity index (χ4v) is 2.23. The Balaban J connectivity index is 2.64. The molecule has 2 aromatic rings. The zero-order valence-corrected chi connectivity index (χ0v) is 12.5. The molecular weight excluding hydrogens is 374 g/mol. The summed E-state index contributed by atoms with van der Waals surface area (Å²) in [7, 11) is 0. The number of hydrogen-bond acceptors (Lipinski definition) is 4. The van der Waals surface area contributed by atoms with Gasteiger partial charge in [-0.05, 0) is 35.0 Å². The van der Waals surface area contributed by atoms with Crippen molar-refractivity contribution in [3.05, 3.63) is 33.7 Å². The van der Waals surface area contributed by atoms with Gasteiger partial charge < -0.3 is 4.74 Å². The average Bonchev–Trinajstić information content (AvgIpc) is 2.86. The van der Waals surface area contributed by atoms with Crippen LogP contribution in [0.2, 0.25) is 0 Å². The Morgan fingerprint density at radius 1 is 1.36 bits per heavy atom. The van der Waals surface area contributed by atoms with Gasteiger partial charge in [-0.1, -0.05) is 0 Å². The molecule has 0 saturated heterocycles. The molecule has 0 aliphatic carbocycles. The largest absolute Gasteiger partial charge is 0.461 e. The van der Waals surface area contributed by atoms with Gasteiger partial charge in [-0.2, -0.15) is 23.5 Å². The fourth-order valence-electron chi connectivity index (χ4n) is 1.74. The van der Waals surface area contributed by atoms with Crippen molar-refractivity contribution >= 4 is 21.9 Å². The molecule has 0 unspecified atom stereocenters. The quantitative estimate of drug-likeness (QED) is 0.651. The van der Waals surface area contributed by atoms with E-state index in [2.05, 4.69) is 31.3 Å². The van der Waals surface area contributed by atoms with E-state index in [0.717, 1.165) is 6.07 Å². The number of ether oxygens (including phenoxy) is 1. The summed E-state index contributed by atoms with van der Waals surface area (Å²) < 4.78 is 57.3. The van der Waals surface area contributed by atoms with Gasteiger partial charge in [0.15, 0.2) is 5.69 Å². The highest BCUT2D eigenvalue weighted by molar-refractivity contribution is 9.10. The normalized spacial score (nSPS) is 11.5. The van der Waals surface area contributed by atoms with Gasteiger partial charge in [0, 0.05) is 4.47 Å². The Morgan fingerprint density at radius 2 is 2.05 bits per heavy atom. The van der Waals surface area contributed by atoms with Crippen LogP contribution in [0.1, 0.15) is 23.0 Å². The number of rotatable bonds is 3. The number of hydrogen-bond donors (Lipinski definition) is 1. The van der Waals surface area contributed by atoms with Crippen LogP contribution in [-0.2, 0) is 10.9 Å². The number of alkyl halides is 3. The first-order valence-corrected chi connectivity index (χ1v) is 6.70. The molecule has 0 fully saturated rings. The molecule has 0 saturated carbocycles. The first kappa shape index (κ1) is 16.4. The predicted molar refractivity (Wildman–Crippen MR) is 70.4 cm³/mol. The number of benzene rings is 1. The van der Waals surface area contributed by atoms with Crippen LogP contribution in [0.25, 0.3) is 11.3 Å². The molecule has 0 aliphatic rings. The van der Waals surface area contributed by atoms with Crippen LogP contribution in [0.3, 0.4) is 0 Å². The molecule has 0 radical (unpaired) electrons. The lowest BCUT2D eigenvalue weighted by atomic mass is 10.0. The lowest BCUT2D eigenvalue weighted by Gasteiger charge is -2.12. The molecule has 5 nitrogen and oxygen atoms in total. The minimum Gasteiger partial charge on any atom is -0.461 e. The van der Waals surface area contributed by atoms with Crippen LogP contribution in [0.4, 0.5) is 17.6 Å². The molecule has 2 rings (SSSR count). The maximum Gasteiger partial charge on any atom is 0.419 e. The number of H-pyrrole nitrogens is 1. The maximum atomic E-state index is 14.2. The van der Waals surface area contributed by atoms with Crippen molar-refractivity contribution < 1.29 is 27.1 Å². The van der Waals surface area contributed by atoms with Crippen molar-refractivity contribution in [3.63, 3.8) is 0 Å². The monoisotopic (exact) mass is 381 g/mol. The van der Waals surface area contributed by atoms with Crippen molar-refractivity contribution in [3.8, 4) is 11.3 Å². The SMILES string of the molecule is CCOC(=O)c1n[nH]nc1-c1c(Br)ccc(C(F)(F)F)c1F. The molecular formula is C12H8BrF4N3O2. The van der Waals surface area contributed by atoms with Crippen LogP contribution < -0.4 is 0 Å². The maximum absolute atomic E-state index is 14.2. The standard InChI is InChI=1S/C12H8BrF4N3O2/c1-2-22-11(21)10-9(18-20-19-10)7-6(13)4-3-5(8(7)14)12(15,16)17/h3-4H,2H2,1H3,(H,18,19,20). The predicted octanol–water partition coefficient (Wildman–Crippen LogP) is 3.57. The minimum absolute atomic E-state index is 0.00236. The van der Waals surface area contributed by atoms with Gasteiger partial charge in [0.1, 0.15) is 11.5 Å². The molecule has 0 amide bonds. The third kappa shape index (κ3) is 2.96. The van der Waals surface area contributed by atoms with Crippen LogP contribution in [0.15, 0.2) is 16.6 Å². The number of halogens is 5. The molecule has 0 spiro atoms. The minimum atomic E-state index is -4.88. The zero-order chi connectivity index (χ0) is 16.5. The third-order valence-electron chi connectivity index (χ3n) is 2.65. The summed E-state index contributed by atoms with van der Waals surface area (Å²) in [6.45, 7) is 1.57. The van der Waals surface area contributed by atoms with E-state index in [1.165, 1.54) is 0 Å². The van der Waals surface area contributed by atoms with E-state index in [1.54, 1.807) is 6.92 Å². The van der Waals surface area contributed by atoms with Gasteiger partial charge in [-0.15, -0.1) is 5.10 Å². The molecule has 1 aromatic carbocycles. The third-order valence-corrected chi connectivity index (χ3v) is 3.31. The lowest BCUT2D eigenvalue weighted by Crippen LogP contribution is -2.11. The molecule has 1 heterocycles. The van der Waals surface area contributed by atoms with Crippen molar-refractivity contribution in [1.29, 1.82) is 0 Å². The molecule has 0 aliphatic heterocycles. The molecule has 1 aromatic heterocycles. The first-order valence-electron chi connectivity index (χ1n) is 5.90. The van der Waals surface area contributed by atoms with Crippen molar-refractivity contribution in [2.24, 2.45) is 0 Å². The molecule has 0 bridgehead atoms. The van der Waals surface area contributed by atoms with Crippen molar-refractivity contribution in [1.82, 2.24) is 15.4 Å². The topological polar surface area (TPSA) is 67.9 Å². The number of carbonyl (C=O) groups excluding carboxylic acids is 1. The molecule has 118 valence electrons. The van der Waals surface area contributed by atoms with Gasteiger partial charge >= 0.3 is 12.1 Å². The lowest BCUT2D eigenvalue weighted by molar-refractivity contribution is -0.139. The summed E-state index contributed by atoms with van der Waals surface area (Å²) in [5.41, 5.74) is -2.76. The Hall–Kier alpha value is -1.97. The zero-order valence-electron chi connectivity index (χ0n) is 11.0. The van der Waals surface area contributed by atoms with E-state index in [-0.39, 0.29) is 16.8 Å². The highest BCUT2D eigenvalue weighted by atomic mass is 79.9. The van der Waals surface area contributed by atoms with E-state index in [0.29, 0.717) is 6.07 Å². The molecule has 0 atom stereocenters. The van der Waals surface area contributed by atoms with E-state index in [9.17, 15) is 22.4 Å². The number of aromatic nitrogens is 3. The number of esters is 1. The average molecular weight is 382 g/mol. The van der Waals surface area contributed by atoms with Gasteiger partial charge in [0.2, 0.25) is 0 Å². The van der Waals surface area contributed by atoms with Gasteiger partial charge in [-0.25, -0.2) is 9.18 Å². The molecule has 22 heavy (non-hydrogen) atoms. The van der Waals surface area contributed by atoms with Gasteiger partial charge in [0.05, 0.1) is 17.7 Å². The number of nitrogens with one attached hydrogen (secondary N) is 1. The number of aromatic amines is 1. The van der Waals surface area contributed by atoms with Crippen LogP contribution in [-0.4, -0.2) is 28.0 Å². The molecule has 1 N–H and O–H groups in total. The highest BCUT2D eigenvalue weighted by Crippen LogP contribution is 2.39. The Bertz CT molecular complexity index is 715. The van der Waals surface area contributed by atoms with E-state index < -0.39 is 34.8 Å². The Kier molecular flexibility index (Phi) is 4.50. The van der Waals surface area contributed by atoms with E-state index >= 15 is 0 Å². The number of nitrogens with zero attached hydrogens (tertiary/aromatic N) is 2. The summed E-state index contributed by atoms with van der Waals surface area (Å²) in [5, 5.41) is 9.15. The highest BCUT2D eigenvalue weighted by Gasteiger charge is 2.37. The second-order valence-electron chi connectivity index (χ2n) is 4.02. The second kappa shape index (κ2) is 6.03. The van der Waals surface area contributed by atoms with E-state index in [1.807, 2.05) is 0 Å². The number of carbonyl (C=O) groups is 1. The van der Waals surface area contributed by atoms with Crippen LogP contribution in [0.5, 0.6) is 0 Å². The summed E-state index contributed by atoms with van der Waals surface area (Å²) in [4.78, 5) is 11.7. The molecule has 10 heteroatoms. The summed E-state index contributed by atoms with van der Waals surface area (Å²) in [6, 6.07) is 1.61. The summed E-state index contributed by atoms with van der Waals surface area (Å²) in [6.07, 6.45) is -4.88. The van der Waals surface area contributed by atoms with Crippen molar-refractivity contribution in [2.75, 3.05) is 6.61 Å². The van der Waals surface area contributed by atoms with Crippen LogP contribution in [0, 0.1) is 5.82 Å². The summed E-state index contributed by atoms with van der Waals surface area (Å²) >= 11 is 2.95. The smallest absolute Gasteiger partial charge is 0.419 e. The van der Waals surface area contributed by atoms with E-state index in [4.69, 9.17) is 4.74 Å². The van der Waals surface area contributed by atoms with Gasteiger partial charge in [-0.3, -0.25) is 0 Å². The van der Waals surface area contributed by atoms with Crippen LogP contribution >= 0.6 is 15.9 Å². The van der Waals surface area contributed by atoms with Crippen molar-refractivity contribution in [2.45, 2.75) is 13.1 Å². The fraction of sp³-hybridized carbons (Fsp3) is 0.250. The van der Waals surface area contributed by atoms with Gasteiger partial charge in [0.25, 0.3) is 0 Å². The second-order valence-corrected chi connectivity index (χ2v) is 4.88. The Morgan fingerprint density at radius 3 is 2.64 bits per heavy atom. The first-order chi connectivity index (χ1) is 10.3. The summed E-state index contributed by atoms with van der Waals surface area (Å²) in [5.74, 6) is -2.48. The Labute approximate surface area is 129 Å².